The summed E-state index contributed by atoms with van der Waals surface area (Å²) in [6.45, 7) is 0. The number of nitrogens with zero attached hydrogens (tertiary/aromatic N) is 5. The van der Waals surface area contributed by atoms with Gasteiger partial charge in [0.2, 0.25) is 5.78 Å². The molecule has 3 aromatic heterocycles. The Labute approximate surface area is 142 Å². The van der Waals surface area contributed by atoms with Gasteiger partial charge >= 0.3 is 5.69 Å². The van der Waals surface area contributed by atoms with Crippen molar-refractivity contribution >= 4 is 16.9 Å². The molecule has 0 N–H and O–H groups in total. The zero-order chi connectivity index (χ0) is 17.3. The number of hydrogen-bond donors (Lipinski definition) is 0. The van der Waals surface area contributed by atoms with Crippen molar-refractivity contribution in [3.8, 4) is 11.3 Å². The van der Waals surface area contributed by atoms with Gasteiger partial charge in [-0.05, 0) is 18.4 Å². The van der Waals surface area contributed by atoms with Gasteiger partial charge in [-0.3, -0.25) is 18.3 Å². The molecule has 1 aromatic carbocycles. The number of benzene rings is 1. The van der Waals surface area contributed by atoms with E-state index in [0.717, 1.165) is 34.4 Å². The Hall–Kier alpha value is -3.09. The monoisotopic (exact) mass is 335 g/mol. The second-order valence-electron chi connectivity index (χ2n) is 6.64. The second kappa shape index (κ2) is 4.72. The first kappa shape index (κ1) is 14.3. The molecule has 0 amide bonds. The maximum absolute atomic E-state index is 12.7. The van der Waals surface area contributed by atoms with E-state index in [4.69, 9.17) is 0 Å². The molecule has 126 valence electrons. The van der Waals surface area contributed by atoms with Gasteiger partial charge in [0.25, 0.3) is 5.56 Å². The fraction of sp³-hybridized carbons (Fsp3) is 0.278. The number of aromatic nitrogens is 5. The molecule has 0 aliphatic heterocycles. The highest BCUT2D eigenvalue weighted by atomic mass is 16.2. The van der Waals surface area contributed by atoms with Crippen molar-refractivity contribution in [2.75, 3.05) is 0 Å². The van der Waals surface area contributed by atoms with Crippen LogP contribution in [0.1, 0.15) is 18.9 Å². The molecule has 25 heavy (non-hydrogen) atoms. The van der Waals surface area contributed by atoms with E-state index in [0.29, 0.717) is 17.2 Å². The molecule has 7 heteroatoms. The smallest absolute Gasteiger partial charge is 0.306 e. The number of rotatable bonds is 2. The van der Waals surface area contributed by atoms with Gasteiger partial charge in [-0.1, -0.05) is 30.3 Å². The molecule has 1 fully saturated rings. The molecule has 0 spiro atoms. The van der Waals surface area contributed by atoms with Crippen LogP contribution in [0.4, 0.5) is 0 Å². The Bertz CT molecular complexity index is 1250. The Balaban J connectivity index is 1.96. The second-order valence-corrected chi connectivity index (χ2v) is 6.64. The highest BCUT2D eigenvalue weighted by Crippen LogP contribution is 2.40. The van der Waals surface area contributed by atoms with Crippen LogP contribution >= 0.6 is 0 Å². The fourth-order valence-electron chi connectivity index (χ4n) is 3.50. The zero-order valence-corrected chi connectivity index (χ0v) is 14.0. The third kappa shape index (κ3) is 1.83. The van der Waals surface area contributed by atoms with Crippen molar-refractivity contribution in [3.63, 3.8) is 0 Å². The lowest BCUT2D eigenvalue weighted by atomic mass is 10.2. The largest absolute Gasteiger partial charge is 0.332 e. The molecule has 7 nitrogen and oxygen atoms in total. The Morgan fingerprint density at radius 2 is 1.76 bits per heavy atom. The lowest BCUT2D eigenvalue weighted by molar-refractivity contribution is 0.707. The summed E-state index contributed by atoms with van der Waals surface area (Å²) in [5, 5.41) is 0. The van der Waals surface area contributed by atoms with E-state index >= 15 is 0 Å². The molecule has 3 heterocycles. The Morgan fingerprint density at radius 3 is 2.44 bits per heavy atom. The average molecular weight is 335 g/mol. The number of fused-ring (bicyclic) bond motifs is 3. The van der Waals surface area contributed by atoms with E-state index in [-0.39, 0.29) is 11.2 Å². The minimum atomic E-state index is -0.362. The van der Waals surface area contributed by atoms with Gasteiger partial charge in [-0.15, -0.1) is 0 Å². The van der Waals surface area contributed by atoms with Gasteiger partial charge in [0.1, 0.15) is 0 Å². The lowest BCUT2D eigenvalue weighted by Crippen LogP contribution is -2.37. The minimum Gasteiger partial charge on any atom is -0.306 e. The molecule has 0 radical (unpaired) electrons. The molecule has 1 aliphatic rings. The van der Waals surface area contributed by atoms with Gasteiger partial charge in [-0.25, -0.2) is 4.79 Å². The van der Waals surface area contributed by atoms with E-state index in [2.05, 4.69) is 21.7 Å². The molecule has 5 rings (SSSR count). The lowest BCUT2D eigenvalue weighted by Gasteiger charge is -2.07. The molecule has 0 saturated heterocycles. The highest BCUT2D eigenvalue weighted by Gasteiger charge is 2.30. The predicted molar refractivity (Wildman–Crippen MR) is 94.9 cm³/mol. The van der Waals surface area contributed by atoms with E-state index < -0.39 is 0 Å². The molecule has 0 bridgehead atoms. The van der Waals surface area contributed by atoms with E-state index in [1.54, 1.807) is 7.05 Å². The third-order valence-corrected chi connectivity index (χ3v) is 4.98. The summed E-state index contributed by atoms with van der Waals surface area (Å²) < 4.78 is 6.59. The number of imidazole rings is 2. The van der Waals surface area contributed by atoms with Crippen molar-refractivity contribution in [2.24, 2.45) is 14.1 Å². The molecule has 1 aliphatic carbocycles. The first-order valence-corrected chi connectivity index (χ1v) is 8.32. The van der Waals surface area contributed by atoms with Crippen LogP contribution < -0.4 is 11.2 Å². The van der Waals surface area contributed by atoms with Crippen molar-refractivity contribution in [1.29, 1.82) is 0 Å². The van der Waals surface area contributed by atoms with Crippen LogP contribution in [-0.2, 0) is 14.1 Å². The van der Waals surface area contributed by atoms with Crippen LogP contribution in [0.15, 0.2) is 46.1 Å². The van der Waals surface area contributed by atoms with Crippen LogP contribution in [0.25, 0.3) is 28.2 Å². The summed E-state index contributed by atoms with van der Waals surface area (Å²) >= 11 is 0. The first-order valence-electron chi connectivity index (χ1n) is 8.32. The average Bonchev–Trinajstić information content (AvgIpc) is 3.30. The summed E-state index contributed by atoms with van der Waals surface area (Å²) in [5.74, 6) is 0.717. The molecular formula is C18H17N5O2. The summed E-state index contributed by atoms with van der Waals surface area (Å²) in [6, 6.07) is 10.5. The summed E-state index contributed by atoms with van der Waals surface area (Å²) in [5.41, 5.74) is 2.32. The zero-order valence-electron chi connectivity index (χ0n) is 14.0. The van der Waals surface area contributed by atoms with Gasteiger partial charge in [0, 0.05) is 26.3 Å². The van der Waals surface area contributed by atoms with Gasteiger partial charge in [0.15, 0.2) is 11.2 Å². The quantitative estimate of drug-likeness (QED) is 0.560. The van der Waals surface area contributed by atoms with Crippen molar-refractivity contribution in [2.45, 2.75) is 18.9 Å². The van der Waals surface area contributed by atoms with Crippen LogP contribution in [-0.4, -0.2) is 23.1 Å². The summed E-state index contributed by atoms with van der Waals surface area (Å²) in [7, 11) is 3.15. The molecule has 1 saturated carbocycles. The van der Waals surface area contributed by atoms with Crippen molar-refractivity contribution < 1.29 is 0 Å². The fourth-order valence-corrected chi connectivity index (χ4v) is 3.50. The summed E-state index contributed by atoms with van der Waals surface area (Å²) in [4.78, 5) is 29.6. The minimum absolute atomic E-state index is 0.321. The third-order valence-electron chi connectivity index (χ3n) is 4.98. The van der Waals surface area contributed by atoms with E-state index in [1.165, 1.54) is 11.6 Å². The Kier molecular flexibility index (Phi) is 2.69. The maximum Gasteiger partial charge on any atom is 0.332 e. The van der Waals surface area contributed by atoms with Crippen LogP contribution in [0, 0.1) is 0 Å². The first-order chi connectivity index (χ1) is 12.1. The standard InChI is InChI=1S/C18H17N5O2/c1-20-15-14(16(24)21(2)18(20)25)22-10-13(11-6-4-3-5-7-11)23(12-8-9-12)17(22)19-15/h3-7,10,12H,8-9H2,1-2H3. The number of hydrogen-bond acceptors (Lipinski definition) is 3. The van der Waals surface area contributed by atoms with Crippen molar-refractivity contribution in [1.82, 2.24) is 23.1 Å². The highest BCUT2D eigenvalue weighted by molar-refractivity contribution is 5.78. The predicted octanol–water partition coefficient (Wildman–Crippen LogP) is 1.69. The van der Waals surface area contributed by atoms with Gasteiger partial charge in [-0.2, -0.15) is 4.98 Å². The van der Waals surface area contributed by atoms with E-state index in [1.807, 2.05) is 28.8 Å². The molecular weight excluding hydrogens is 318 g/mol. The maximum atomic E-state index is 12.7. The normalized spacial score (nSPS) is 14.6. The van der Waals surface area contributed by atoms with Gasteiger partial charge < -0.3 is 4.57 Å². The summed E-state index contributed by atoms with van der Waals surface area (Å²) in [6.07, 6.45) is 4.17. The van der Waals surface area contributed by atoms with Crippen LogP contribution in [0.5, 0.6) is 0 Å². The molecule has 0 atom stereocenters. The van der Waals surface area contributed by atoms with Crippen LogP contribution in [0.3, 0.4) is 0 Å². The van der Waals surface area contributed by atoms with Crippen LogP contribution in [0.2, 0.25) is 0 Å². The van der Waals surface area contributed by atoms with Crippen molar-refractivity contribution in [3.05, 3.63) is 57.4 Å². The van der Waals surface area contributed by atoms with Gasteiger partial charge in [0.05, 0.1) is 5.69 Å². The molecule has 0 unspecified atom stereocenters. The Morgan fingerprint density at radius 1 is 1.04 bits per heavy atom. The number of aryl methyl sites for hydroxylation is 1. The molecule has 4 aromatic rings. The van der Waals surface area contributed by atoms with E-state index in [9.17, 15) is 9.59 Å². The SMILES string of the molecule is Cn1c(=O)c2c(nc3n(C4CC4)c(-c4ccccc4)cn23)n(C)c1=O. The topological polar surface area (TPSA) is 66.2 Å².